The zero-order valence-electron chi connectivity index (χ0n) is 9.70. The number of halogens is 1. The number of nitrogens with zero attached hydrogens (tertiary/aromatic N) is 2. The van der Waals surface area contributed by atoms with Gasteiger partial charge < -0.3 is 5.73 Å². The smallest absolute Gasteiger partial charge is 0.208 e. The van der Waals surface area contributed by atoms with Gasteiger partial charge in [0, 0.05) is 5.75 Å². The van der Waals surface area contributed by atoms with Crippen molar-refractivity contribution in [2.75, 3.05) is 0 Å². The van der Waals surface area contributed by atoms with Crippen molar-refractivity contribution in [3.8, 4) is 0 Å². The Kier molecular flexibility index (Phi) is 3.61. The molecular formula is C11H12FN5S. The zero-order valence-corrected chi connectivity index (χ0v) is 10.5. The van der Waals surface area contributed by atoms with Crippen LogP contribution >= 0.6 is 11.8 Å². The molecule has 4 N–H and O–H groups in total. The Morgan fingerprint density at radius 3 is 2.94 bits per heavy atom. The highest BCUT2D eigenvalue weighted by molar-refractivity contribution is 7.98. The lowest BCUT2D eigenvalue weighted by molar-refractivity contribution is 0.614. The number of thioether (sulfide) groups is 1. The first kappa shape index (κ1) is 12.6. The molecule has 0 radical (unpaired) electrons. The molecule has 0 atom stereocenters. The molecule has 2 rings (SSSR count). The Balaban J connectivity index is 2.14. The molecule has 0 amide bonds. The normalized spacial score (nSPS) is 10.6. The summed E-state index contributed by atoms with van der Waals surface area (Å²) in [6.07, 6.45) is 0. The highest BCUT2D eigenvalue weighted by Gasteiger charge is 2.11. The number of amidine groups is 1. The van der Waals surface area contributed by atoms with Crippen LogP contribution in [-0.2, 0) is 5.75 Å². The average molecular weight is 265 g/mol. The third-order valence-electron chi connectivity index (χ3n) is 2.30. The molecule has 0 unspecified atom stereocenters. The molecule has 0 bridgehead atoms. The van der Waals surface area contributed by atoms with E-state index >= 15 is 0 Å². The number of nitrogens with one attached hydrogen (secondary N) is 2. The Labute approximate surface area is 108 Å². The van der Waals surface area contributed by atoms with E-state index in [1.807, 2.05) is 0 Å². The molecule has 0 aliphatic rings. The molecule has 0 aliphatic heterocycles. The van der Waals surface area contributed by atoms with Crippen molar-refractivity contribution in [3.05, 3.63) is 41.0 Å². The van der Waals surface area contributed by atoms with Crippen molar-refractivity contribution in [2.24, 2.45) is 5.73 Å². The van der Waals surface area contributed by atoms with Crippen molar-refractivity contribution in [1.29, 1.82) is 5.41 Å². The molecule has 18 heavy (non-hydrogen) atoms. The van der Waals surface area contributed by atoms with E-state index in [0.29, 0.717) is 16.5 Å². The third-order valence-corrected chi connectivity index (χ3v) is 3.20. The molecule has 0 aliphatic carbocycles. The number of hydrogen-bond donors (Lipinski definition) is 3. The quantitative estimate of drug-likeness (QED) is 0.447. The second-order valence-electron chi connectivity index (χ2n) is 3.68. The van der Waals surface area contributed by atoms with Gasteiger partial charge in [-0.05, 0) is 18.6 Å². The van der Waals surface area contributed by atoms with Crippen molar-refractivity contribution < 1.29 is 4.39 Å². The molecule has 0 fully saturated rings. The number of nitrogen functional groups attached to an aromatic ring is 1. The summed E-state index contributed by atoms with van der Waals surface area (Å²) in [5.74, 6) is 0.387. The summed E-state index contributed by atoms with van der Waals surface area (Å²) in [5, 5.41) is 14.5. The molecule has 1 aromatic heterocycles. The van der Waals surface area contributed by atoms with Crippen LogP contribution in [0.4, 0.5) is 4.39 Å². The molecular weight excluding hydrogens is 253 g/mol. The lowest BCUT2D eigenvalue weighted by atomic mass is 10.1. The SMILES string of the molecule is Cc1nc(SCc2cccc(C(=N)N)c2F)n[nH]1. The number of H-pyrrole nitrogens is 1. The number of benzene rings is 1. The Morgan fingerprint density at radius 1 is 1.56 bits per heavy atom. The molecule has 7 heteroatoms. The Bertz CT molecular complexity index is 581. The maximum Gasteiger partial charge on any atom is 0.208 e. The number of aromatic amines is 1. The fourth-order valence-electron chi connectivity index (χ4n) is 1.43. The highest BCUT2D eigenvalue weighted by atomic mass is 32.2. The molecule has 2 aromatic rings. The minimum absolute atomic E-state index is 0.124. The summed E-state index contributed by atoms with van der Waals surface area (Å²) < 4.78 is 13.9. The van der Waals surface area contributed by atoms with Gasteiger partial charge in [-0.15, -0.1) is 5.10 Å². The minimum atomic E-state index is -0.454. The van der Waals surface area contributed by atoms with Crippen molar-refractivity contribution in [3.63, 3.8) is 0 Å². The van der Waals surface area contributed by atoms with Crippen LogP contribution in [0.15, 0.2) is 23.4 Å². The second kappa shape index (κ2) is 5.18. The van der Waals surface area contributed by atoms with E-state index in [1.54, 1.807) is 19.1 Å². The van der Waals surface area contributed by atoms with Gasteiger partial charge in [0.2, 0.25) is 5.16 Å². The lowest BCUT2D eigenvalue weighted by Gasteiger charge is -2.05. The Morgan fingerprint density at radius 2 is 2.33 bits per heavy atom. The molecule has 5 nitrogen and oxygen atoms in total. The van der Waals surface area contributed by atoms with Crippen LogP contribution in [0.5, 0.6) is 0 Å². The van der Waals surface area contributed by atoms with E-state index in [4.69, 9.17) is 11.1 Å². The Hall–Kier alpha value is -1.89. The maximum atomic E-state index is 13.9. The number of rotatable bonds is 4. The number of aryl methyl sites for hydroxylation is 1. The number of hydrogen-bond acceptors (Lipinski definition) is 4. The predicted molar refractivity (Wildman–Crippen MR) is 68.1 cm³/mol. The molecule has 0 saturated carbocycles. The third kappa shape index (κ3) is 2.67. The van der Waals surface area contributed by atoms with E-state index in [-0.39, 0.29) is 11.4 Å². The summed E-state index contributed by atoms with van der Waals surface area (Å²) in [6.45, 7) is 1.80. The number of nitrogens with two attached hydrogens (primary N) is 1. The summed E-state index contributed by atoms with van der Waals surface area (Å²) in [7, 11) is 0. The van der Waals surface area contributed by atoms with Crippen molar-refractivity contribution in [2.45, 2.75) is 17.8 Å². The first-order valence-electron chi connectivity index (χ1n) is 5.21. The molecule has 94 valence electrons. The van der Waals surface area contributed by atoms with Gasteiger partial charge in [-0.25, -0.2) is 9.37 Å². The molecule has 1 aromatic carbocycles. The lowest BCUT2D eigenvalue weighted by Crippen LogP contribution is -2.14. The van der Waals surface area contributed by atoms with Crippen LogP contribution in [-0.4, -0.2) is 21.0 Å². The van der Waals surface area contributed by atoms with Gasteiger partial charge >= 0.3 is 0 Å². The monoisotopic (exact) mass is 265 g/mol. The van der Waals surface area contributed by atoms with Crippen LogP contribution in [0.1, 0.15) is 17.0 Å². The summed E-state index contributed by atoms with van der Waals surface area (Å²) in [5.41, 5.74) is 5.91. The van der Waals surface area contributed by atoms with Gasteiger partial charge in [-0.2, -0.15) is 0 Å². The number of aromatic nitrogens is 3. The molecule has 0 saturated heterocycles. The first-order chi connectivity index (χ1) is 8.58. The summed E-state index contributed by atoms with van der Waals surface area (Å²) in [4.78, 5) is 4.12. The van der Waals surface area contributed by atoms with Gasteiger partial charge in [0.05, 0.1) is 5.56 Å². The van der Waals surface area contributed by atoms with E-state index < -0.39 is 5.82 Å². The molecule has 1 heterocycles. The fraction of sp³-hybridized carbons (Fsp3) is 0.182. The largest absolute Gasteiger partial charge is 0.384 e. The van der Waals surface area contributed by atoms with Crippen molar-refractivity contribution >= 4 is 17.6 Å². The maximum absolute atomic E-state index is 13.9. The van der Waals surface area contributed by atoms with Crippen LogP contribution in [0.2, 0.25) is 0 Å². The molecule has 0 spiro atoms. The van der Waals surface area contributed by atoms with Crippen molar-refractivity contribution in [1.82, 2.24) is 15.2 Å². The van der Waals surface area contributed by atoms with E-state index in [2.05, 4.69) is 15.2 Å². The van der Waals surface area contributed by atoms with Crippen LogP contribution < -0.4 is 5.73 Å². The van der Waals surface area contributed by atoms with E-state index in [1.165, 1.54) is 17.8 Å². The second-order valence-corrected chi connectivity index (χ2v) is 4.63. The summed E-state index contributed by atoms with van der Waals surface area (Å²) >= 11 is 1.32. The highest BCUT2D eigenvalue weighted by Crippen LogP contribution is 2.22. The average Bonchev–Trinajstić information content (AvgIpc) is 2.73. The van der Waals surface area contributed by atoms with Gasteiger partial charge in [-0.1, -0.05) is 23.9 Å². The van der Waals surface area contributed by atoms with Crippen LogP contribution in [0, 0.1) is 18.2 Å². The van der Waals surface area contributed by atoms with Gasteiger partial charge in [-0.3, -0.25) is 10.5 Å². The standard InChI is InChI=1S/C11H12FN5S/c1-6-15-11(17-16-6)18-5-7-3-2-4-8(9(7)12)10(13)14/h2-4H,5H2,1H3,(H3,13,14)(H,15,16,17). The fourth-order valence-corrected chi connectivity index (χ4v) is 2.25. The first-order valence-corrected chi connectivity index (χ1v) is 6.20. The predicted octanol–water partition coefficient (Wildman–Crippen LogP) is 1.83. The van der Waals surface area contributed by atoms with Crippen LogP contribution in [0.3, 0.4) is 0 Å². The zero-order chi connectivity index (χ0) is 13.1. The van der Waals surface area contributed by atoms with Gasteiger partial charge in [0.1, 0.15) is 17.5 Å². The van der Waals surface area contributed by atoms with Gasteiger partial charge in [0.25, 0.3) is 0 Å². The minimum Gasteiger partial charge on any atom is -0.384 e. The topological polar surface area (TPSA) is 91.4 Å². The van der Waals surface area contributed by atoms with E-state index in [0.717, 1.165) is 5.82 Å². The van der Waals surface area contributed by atoms with E-state index in [9.17, 15) is 4.39 Å². The summed E-state index contributed by atoms with van der Waals surface area (Å²) in [6, 6.07) is 4.83. The van der Waals surface area contributed by atoms with Gasteiger partial charge in [0.15, 0.2) is 0 Å². The van der Waals surface area contributed by atoms with Crippen LogP contribution in [0.25, 0.3) is 0 Å².